The second-order valence-electron chi connectivity index (χ2n) is 7.88. The number of aromatic nitrogens is 1. The van der Waals surface area contributed by atoms with E-state index in [1.54, 1.807) is 5.38 Å². The van der Waals surface area contributed by atoms with E-state index >= 15 is 0 Å². The number of benzene rings is 1. The van der Waals surface area contributed by atoms with Crippen molar-refractivity contribution in [2.45, 2.75) is 76.9 Å². The van der Waals surface area contributed by atoms with Crippen LogP contribution >= 0.6 is 11.3 Å². The molecular formula is C23H30N2O4S. The number of carbonyl (C=O) groups excluding carboxylic acids is 1. The van der Waals surface area contributed by atoms with E-state index in [2.05, 4.69) is 11.9 Å². The maximum atomic E-state index is 12.5. The quantitative estimate of drug-likeness (QED) is 0.491. The fraction of sp³-hybridized carbons (Fsp3) is 0.522. The average molecular weight is 431 g/mol. The third kappa shape index (κ3) is 5.67. The van der Waals surface area contributed by atoms with Gasteiger partial charge in [-0.25, -0.2) is 9.78 Å². The van der Waals surface area contributed by atoms with Gasteiger partial charge in [-0.2, -0.15) is 0 Å². The molecule has 0 spiro atoms. The van der Waals surface area contributed by atoms with Crippen molar-refractivity contribution in [3.05, 3.63) is 45.9 Å². The molecule has 6 nitrogen and oxygen atoms in total. The minimum absolute atomic E-state index is 0.102. The van der Waals surface area contributed by atoms with E-state index in [0.29, 0.717) is 6.42 Å². The molecule has 1 fully saturated rings. The van der Waals surface area contributed by atoms with Crippen LogP contribution in [0.4, 0.5) is 5.69 Å². The molecule has 30 heavy (non-hydrogen) atoms. The second-order valence-corrected chi connectivity index (χ2v) is 8.83. The first-order chi connectivity index (χ1) is 14.5. The van der Waals surface area contributed by atoms with Crippen LogP contribution in [0.2, 0.25) is 0 Å². The predicted octanol–water partition coefficient (Wildman–Crippen LogP) is 4.97. The molecule has 1 aliphatic rings. The number of thiazole rings is 1. The molecule has 0 radical (unpaired) electrons. The molecular weight excluding hydrogens is 400 g/mol. The van der Waals surface area contributed by atoms with Crippen LogP contribution in [-0.4, -0.2) is 33.1 Å². The highest BCUT2D eigenvalue weighted by Gasteiger charge is 2.31. The highest BCUT2D eigenvalue weighted by atomic mass is 32.1. The molecule has 7 heteroatoms. The Morgan fingerprint density at radius 3 is 2.70 bits per heavy atom. The first-order valence-electron chi connectivity index (χ1n) is 10.8. The van der Waals surface area contributed by atoms with Crippen LogP contribution in [-0.2, 0) is 11.2 Å². The smallest absolute Gasteiger partial charge is 0.355 e. The summed E-state index contributed by atoms with van der Waals surface area (Å²) in [6.45, 7) is 2.15. The average Bonchev–Trinajstić information content (AvgIpc) is 3.35. The zero-order valence-electron chi connectivity index (χ0n) is 17.4. The Bertz CT molecular complexity index is 849. The van der Waals surface area contributed by atoms with Crippen LogP contribution in [0.15, 0.2) is 29.6 Å². The number of amides is 1. The van der Waals surface area contributed by atoms with Crippen molar-refractivity contribution < 1.29 is 19.8 Å². The number of nitrogens with zero attached hydrogens (tertiary/aromatic N) is 2. The third-order valence-corrected chi connectivity index (χ3v) is 6.57. The Morgan fingerprint density at radius 2 is 2.03 bits per heavy atom. The van der Waals surface area contributed by atoms with E-state index in [4.69, 9.17) is 5.11 Å². The Balaban J connectivity index is 1.56. The maximum absolute atomic E-state index is 12.5. The van der Waals surface area contributed by atoms with Gasteiger partial charge in [0.15, 0.2) is 5.69 Å². The molecule has 1 aliphatic heterocycles. The summed E-state index contributed by atoms with van der Waals surface area (Å²) in [6, 6.07) is 7.88. The number of hydrogen-bond acceptors (Lipinski definition) is 5. The summed E-state index contributed by atoms with van der Waals surface area (Å²) in [5, 5.41) is 21.7. The summed E-state index contributed by atoms with van der Waals surface area (Å²) in [7, 11) is 0. The summed E-state index contributed by atoms with van der Waals surface area (Å²) in [5.74, 6) is -0.859. The van der Waals surface area contributed by atoms with Crippen molar-refractivity contribution in [1.29, 1.82) is 0 Å². The maximum Gasteiger partial charge on any atom is 0.355 e. The van der Waals surface area contributed by atoms with E-state index in [-0.39, 0.29) is 17.6 Å². The third-order valence-electron chi connectivity index (χ3n) is 5.66. The van der Waals surface area contributed by atoms with Gasteiger partial charge in [-0.15, -0.1) is 11.3 Å². The zero-order chi connectivity index (χ0) is 21.5. The fourth-order valence-corrected chi connectivity index (χ4v) is 4.81. The van der Waals surface area contributed by atoms with E-state index in [9.17, 15) is 14.7 Å². The monoisotopic (exact) mass is 430 g/mol. The number of unbranched alkanes of at least 4 members (excludes halogenated alkanes) is 2. The van der Waals surface area contributed by atoms with Gasteiger partial charge in [0.2, 0.25) is 5.91 Å². The van der Waals surface area contributed by atoms with E-state index in [1.165, 1.54) is 11.3 Å². The summed E-state index contributed by atoms with van der Waals surface area (Å²) in [6.07, 6.45) is 7.39. The summed E-state index contributed by atoms with van der Waals surface area (Å²) < 4.78 is 0. The zero-order valence-corrected chi connectivity index (χ0v) is 18.2. The minimum atomic E-state index is -0.996. The number of aromatic carboxylic acids is 1. The molecule has 0 saturated carbocycles. The number of rotatable bonds is 11. The Labute approximate surface area is 181 Å². The van der Waals surface area contributed by atoms with Gasteiger partial charge in [0.25, 0.3) is 0 Å². The molecule has 1 aromatic heterocycles. The molecule has 1 amide bonds. The van der Waals surface area contributed by atoms with Gasteiger partial charge in [0, 0.05) is 23.5 Å². The second kappa shape index (κ2) is 10.7. The molecule has 1 aromatic carbocycles. The Morgan fingerprint density at radius 1 is 1.27 bits per heavy atom. The molecule has 2 N–H and O–H groups in total. The van der Waals surface area contributed by atoms with Gasteiger partial charge in [0.05, 0.1) is 11.1 Å². The number of hydrogen-bond donors (Lipinski definition) is 2. The van der Waals surface area contributed by atoms with Crippen molar-refractivity contribution in [2.24, 2.45) is 0 Å². The van der Waals surface area contributed by atoms with Crippen molar-refractivity contribution >= 4 is 28.9 Å². The van der Waals surface area contributed by atoms with Crippen LogP contribution in [0.25, 0.3) is 0 Å². The molecule has 0 bridgehead atoms. The molecule has 3 rings (SSSR count). The van der Waals surface area contributed by atoms with Crippen molar-refractivity contribution in [1.82, 2.24) is 4.98 Å². The molecule has 162 valence electrons. The van der Waals surface area contributed by atoms with Crippen molar-refractivity contribution in [3.8, 4) is 0 Å². The number of anilines is 1. The van der Waals surface area contributed by atoms with E-state index in [1.807, 2.05) is 29.2 Å². The van der Waals surface area contributed by atoms with E-state index in [0.717, 1.165) is 67.6 Å². The van der Waals surface area contributed by atoms with Crippen LogP contribution in [0.1, 0.15) is 85.5 Å². The molecule has 0 aliphatic carbocycles. The Kier molecular flexibility index (Phi) is 7.99. The van der Waals surface area contributed by atoms with Crippen molar-refractivity contribution in [3.63, 3.8) is 0 Å². The number of carboxylic acids is 1. The molecule has 2 aromatic rings. The molecule has 2 heterocycles. The van der Waals surface area contributed by atoms with Gasteiger partial charge >= 0.3 is 5.97 Å². The fourth-order valence-electron chi connectivity index (χ4n) is 4.00. The molecule has 1 unspecified atom stereocenters. The lowest BCUT2D eigenvalue weighted by atomic mass is 10.0. The lowest BCUT2D eigenvalue weighted by molar-refractivity contribution is -0.117. The van der Waals surface area contributed by atoms with E-state index < -0.39 is 12.1 Å². The summed E-state index contributed by atoms with van der Waals surface area (Å²) >= 11 is 1.37. The van der Waals surface area contributed by atoms with Crippen LogP contribution in [0.3, 0.4) is 0 Å². The first kappa shape index (κ1) is 22.4. The van der Waals surface area contributed by atoms with Gasteiger partial charge in [-0.05, 0) is 49.8 Å². The topological polar surface area (TPSA) is 90.7 Å². The first-order valence-corrected chi connectivity index (χ1v) is 11.6. The van der Waals surface area contributed by atoms with Gasteiger partial charge in [-0.3, -0.25) is 4.79 Å². The minimum Gasteiger partial charge on any atom is -0.476 e. The molecule has 1 saturated heterocycles. The summed E-state index contributed by atoms with van der Waals surface area (Å²) in [5.41, 5.74) is 1.88. The lowest BCUT2D eigenvalue weighted by Crippen LogP contribution is -2.32. The highest BCUT2D eigenvalue weighted by molar-refractivity contribution is 7.09. The predicted molar refractivity (Wildman–Crippen MR) is 118 cm³/mol. The van der Waals surface area contributed by atoms with Crippen LogP contribution < -0.4 is 4.90 Å². The largest absolute Gasteiger partial charge is 0.476 e. The highest BCUT2D eigenvalue weighted by Crippen LogP contribution is 2.31. The normalized spacial score (nSPS) is 17.5. The standard InChI is InChI=1S/C23H30N2O4S/c1-2-3-4-7-20(26)16-9-11-18(12-10-16)25-17(13-14-22(25)27)6-5-8-21-24-19(15-30-21)23(28)29/h9-12,15,17,20,26H,2-8,13-14H2,1H3,(H,28,29)/t17?,20-/m0/s1. The Hall–Kier alpha value is -2.25. The number of carboxylic acid groups (broad SMARTS) is 1. The SMILES string of the molecule is CCCCC[C@H](O)c1ccc(N2C(=O)CCC2CCCc2nc(C(=O)O)cs2)cc1. The number of carbonyl (C=O) groups is 2. The number of aliphatic hydroxyl groups is 1. The van der Waals surface area contributed by atoms with Gasteiger partial charge in [-0.1, -0.05) is 38.3 Å². The summed E-state index contributed by atoms with van der Waals surface area (Å²) in [4.78, 5) is 29.5. The number of aryl methyl sites for hydroxylation is 1. The molecule has 2 atom stereocenters. The number of aliphatic hydroxyl groups excluding tert-OH is 1. The van der Waals surface area contributed by atoms with Crippen LogP contribution in [0.5, 0.6) is 0 Å². The lowest BCUT2D eigenvalue weighted by Gasteiger charge is -2.25. The van der Waals surface area contributed by atoms with Crippen molar-refractivity contribution in [2.75, 3.05) is 4.90 Å². The van der Waals surface area contributed by atoms with Gasteiger partial charge < -0.3 is 15.1 Å². The van der Waals surface area contributed by atoms with Gasteiger partial charge in [0.1, 0.15) is 0 Å². The van der Waals surface area contributed by atoms with Crippen LogP contribution in [0, 0.1) is 0 Å².